The molecule has 1 aliphatic heterocycles. The van der Waals surface area contributed by atoms with Crippen molar-refractivity contribution in [2.24, 2.45) is 0 Å². The molecule has 1 aliphatic rings. The lowest BCUT2D eigenvalue weighted by atomic mass is 9.99. The van der Waals surface area contributed by atoms with Gasteiger partial charge >= 0.3 is 0 Å². The summed E-state index contributed by atoms with van der Waals surface area (Å²) in [5, 5.41) is 13.0. The maximum absolute atomic E-state index is 9.60. The highest BCUT2D eigenvalue weighted by Gasteiger charge is 2.21. The number of aromatic hydroxyl groups is 1. The normalized spacial score (nSPS) is 19.1. The average molecular weight is 234 g/mol. The van der Waals surface area contributed by atoms with Gasteiger partial charge in [-0.25, -0.2) is 0 Å². The second-order valence-corrected chi connectivity index (χ2v) is 4.69. The molecule has 0 unspecified atom stereocenters. The third-order valence-corrected chi connectivity index (χ3v) is 3.41. The first kappa shape index (κ1) is 12.4. The van der Waals surface area contributed by atoms with Crippen LogP contribution in [0.2, 0.25) is 0 Å². The fraction of sp³-hybridized carbons (Fsp3) is 0.571. The van der Waals surface area contributed by atoms with Crippen LogP contribution in [0.3, 0.4) is 0 Å². The van der Waals surface area contributed by atoms with Crippen LogP contribution < -0.4 is 5.32 Å². The first-order valence-corrected chi connectivity index (χ1v) is 6.55. The summed E-state index contributed by atoms with van der Waals surface area (Å²) >= 11 is 0. The van der Waals surface area contributed by atoms with Crippen molar-refractivity contribution in [3.8, 4) is 5.75 Å². The smallest absolute Gasteiger partial charge is 0.115 e. The third-order valence-electron chi connectivity index (χ3n) is 3.41. The summed E-state index contributed by atoms with van der Waals surface area (Å²) in [6, 6.07) is 8.17. The molecule has 1 aromatic rings. The Kier molecular flexibility index (Phi) is 4.40. The highest BCUT2D eigenvalue weighted by molar-refractivity contribution is 5.29. The van der Waals surface area contributed by atoms with Gasteiger partial charge in [0, 0.05) is 32.2 Å². The molecule has 0 aromatic heterocycles. The van der Waals surface area contributed by atoms with E-state index in [4.69, 9.17) is 0 Å². The lowest BCUT2D eigenvalue weighted by Gasteiger charge is -2.35. The van der Waals surface area contributed by atoms with Crippen molar-refractivity contribution in [1.29, 1.82) is 0 Å². The zero-order chi connectivity index (χ0) is 12.1. The molecule has 1 saturated heterocycles. The minimum atomic E-state index is 0.374. The molecule has 2 rings (SSSR count). The molecule has 17 heavy (non-hydrogen) atoms. The Labute approximate surface area is 103 Å². The van der Waals surface area contributed by atoms with Crippen LogP contribution in [-0.2, 0) is 0 Å². The van der Waals surface area contributed by atoms with Gasteiger partial charge in [-0.3, -0.25) is 4.90 Å². The Morgan fingerprint density at radius 3 is 2.76 bits per heavy atom. The fourth-order valence-electron chi connectivity index (χ4n) is 2.56. The summed E-state index contributed by atoms with van der Waals surface area (Å²) in [7, 11) is 0. The summed E-state index contributed by atoms with van der Waals surface area (Å²) in [6.07, 6.45) is 2.33. The first-order chi connectivity index (χ1) is 8.31. The standard InChI is InChI=1S/C14H22N2O/c1-2-4-14(16-9-7-15-8-10-16)12-5-3-6-13(17)11-12/h3,5-6,11,14-15,17H,2,4,7-10H2,1H3/t14-/m1/s1. The van der Waals surface area contributed by atoms with Crippen LogP contribution in [0.25, 0.3) is 0 Å². The summed E-state index contributed by atoms with van der Waals surface area (Å²) in [5.74, 6) is 0.374. The van der Waals surface area contributed by atoms with Crippen molar-refractivity contribution in [2.75, 3.05) is 26.2 Å². The van der Waals surface area contributed by atoms with Gasteiger partial charge in [0.15, 0.2) is 0 Å². The fourth-order valence-corrected chi connectivity index (χ4v) is 2.56. The van der Waals surface area contributed by atoms with E-state index in [0.717, 1.165) is 32.6 Å². The van der Waals surface area contributed by atoms with E-state index in [2.05, 4.69) is 23.2 Å². The van der Waals surface area contributed by atoms with Crippen LogP contribution >= 0.6 is 0 Å². The molecule has 1 atom stereocenters. The molecule has 0 aliphatic carbocycles. The van der Waals surface area contributed by atoms with Crippen molar-refractivity contribution in [1.82, 2.24) is 10.2 Å². The van der Waals surface area contributed by atoms with Crippen molar-refractivity contribution < 1.29 is 5.11 Å². The van der Waals surface area contributed by atoms with Gasteiger partial charge in [-0.2, -0.15) is 0 Å². The molecule has 0 bridgehead atoms. The van der Waals surface area contributed by atoms with Gasteiger partial charge < -0.3 is 10.4 Å². The van der Waals surface area contributed by atoms with Crippen LogP contribution in [0.5, 0.6) is 5.75 Å². The van der Waals surface area contributed by atoms with Crippen LogP contribution in [0.15, 0.2) is 24.3 Å². The topological polar surface area (TPSA) is 35.5 Å². The van der Waals surface area contributed by atoms with E-state index in [1.54, 1.807) is 6.07 Å². The summed E-state index contributed by atoms with van der Waals surface area (Å²) in [4.78, 5) is 2.52. The van der Waals surface area contributed by atoms with Crippen molar-refractivity contribution in [3.63, 3.8) is 0 Å². The van der Waals surface area contributed by atoms with Crippen LogP contribution in [0, 0.1) is 0 Å². The summed E-state index contributed by atoms with van der Waals surface area (Å²) < 4.78 is 0. The molecular weight excluding hydrogens is 212 g/mol. The molecule has 0 radical (unpaired) electrons. The van der Waals surface area contributed by atoms with Crippen molar-refractivity contribution >= 4 is 0 Å². The number of piperazine rings is 1. The highest BCUT2D eigenvalue weighted by Crippen LogP contribution is 2.28. The van der Waals surface area contributed by atoms with Gasteiger partial charge in [-0.05, 0) is 24.1 Å². The van der Waals surface area contributed by atoms with Crippen molar-refractivity contribution in [3.05, 3.63) is 29.8 Å². The predicted octanol–water partition coefficient (Wildman–Crippen LogP) is 2.14. The van der Waals surface area contributed by atoms with E-state index in [-0.39, 0.29) is 0 Å². The maximum Gasteiger partial charge on any atom is 0.115 e. The third kappa shape index (κ3) is 3.20. The monoisotopic (exact) mass is 234 g/mol. The molecule has 94 valence electrons. The molecule has 1 fully saturated rings. The Morgan fingerprint density at radius 2 is 2.12 bits per heavy atom. The van der Waals surface area contributed by atoms with E-state index in [1.165, 1.54) is 12.0 Å². The van der Waals surface area contributed by atoms with Crippen molar-refractivity contribution in [2.45, 2.75) is 25.8 Å². The number of phenols is 1. The number of benzene rings is 1. The van der Waals surface area contributed by atoms with Gasteiger partial charge in [-0.15, -0.1) is 0 Å². The molecule has 1 aromatic carbocycles. The van der Waals surface area contributed by atoms with E-state index in [1.807, 2.05) is 12.1 Å². The minimum absolute atomic E-state index is 0.374. The molecule has 1 heterocycles. The van der Waals surface area contributed by atoms with Crippen LogP contribution in [0.1, 0.15) is 31.4 Å². The average Bonchev–Trinajstić information content (AvgIpc) is 2.37. The zero-order valence-electron chi connectivity index (χ0n) is 10.5. The van der Waals surface area contributed by atoms with Gasteiger partial charge in [0.05, 0.1) is 0 Å². The van der Waals surface area contributed by atoms with E-state index in [9.17, 15) is 5.11 Å². The second kappa shape index (κ2) is 6.03. The van der Waals surface area contributed by atoms with Crippen LogP contribution in [0.4, 0.5) is 0 Å². The van der Waals surface area contributed by atoms with Gasteiger partial charge in [0.25, 0.3) is 0 Å². The van der Waals surface area contributed by atoms with E-state index < -0.39 is 0 Å². The number of hydrogen-bond donors (Lipinski definition) is 2. The van der Waals surface area contributed by atoms with E-state index in [0.29, 0.717) is 11.8 Å². The Balaban J connectivity index is 2.15. The molecule has 3 nitrogen and oxygen atoms in total. The largest absolute Gasteiger partial charge is 0.508 e. The number of nitrogens with one attached hydrogen (secondary N) is 1. The lowest BCUT2D eigenvalue weighted by molar-refractivity contribution is 0.164. The second-order valence-electron chi connectivity index (χ2n) is 4.69. The Bertz CT molecular complexity index is 348. The number of nitrogens with zero attached hydrogens (tertiary/aromatic N) is 1. The molecule has 3 heteroatoms. The van der Waals surface area contributed by atoms with Gasteiger partial charge in [0.2, 0.25) is 0 Å². The highest BCUT2D eigenvalue weighted by atomic mass is 16.3. The molecule has 2 N–H and O–H groups in total. The predicted molar refractivity (Wildman–Crippen MR) is 70.2 cm³/mol. The quantitative estimate of drug-likeness (QED) is 0.838. The lowest BCUT2D eigenvalue weighted by Crippen LogP contribution is -2.45. The summed E-state index contributed by atoms with van der Waals surface area (Å²) in [6.45, 7) is 6.55. The maximum atomic E-state index is 9.60. The number of hydrogen-bond acceptors (Lipinski definition) is 3. The first-order valence-electron chi connectivity index (χ1n) is 6.55. The Morgan fingerprint density at radius 1 is 1.35 bits per heavy atom. The van der Waals surface area contributed by atoms with Gasteiger partial charge in [0.1, 0.15) is 5.75 Å². The molecular formula is C14H22N2O. The molecule has 0 amide bonds. The zero-order valence-corrected chi connectivity index (χ0v) is 10.5. The van der Waals surface area contributed by atoms with E-state index >= 15 is 0 Å². The minimum Gasteiger partial charge on any atom is -0.508 e. The molecule has 0 saturated carbocycles. The molecule has 0 spiro atoms. The van der Waals surface area contributed by atoms with Crippen LogP contribution in [-0.4, -0.2) is 36.2 Å². The SMILES string of the molecule is CCC[C@H](c1cccc(O)c1)N1CCNCC1. The van der Waals surface area contributed by atoms with Gasteiger partial charge in [-0.1, -0.05) is 25.5 Å². The Hall–Kier alpha value is -1.06. The number of rotatable bonds is 4. The summed E-state index contributed by atoms with van der Waals surface area (Å²) in [5.41, 5.74) is 1.24. The number of phenolic OH excluding ortho intramolecular Hbond substituents is 1.